The van der Waals surface area contributed by atoms with Gasteiger partial charge in [0.15, 0.2) is 0 Å². The largest absolute Gasteiger partial charge is 0.405 e. The second-order valence-electron chi connectivity index (χ2n) is 6.12. The van der Waals surface area contributed by atoms with Crippen molar-refractivity contribution in [3.8, 4) is 0 Å². The normalized spacial score (nSPS) is 16.8. The van der Waals surface area contributed by atoms with E-state index in [1.54, 1.807) is 5.32 Å². The number of amides is 1. The number of rotatable bonds is 6. The molecule has 0 unspecified atom stereocenters. The molecule has 1 aromatic carbocycles. The Morgan fingerprint density at radius 1 is 1.23 bits per heavy atom. The topological polar surface area (TPSA) is 101 Å². The van der Waals surface area contributed by atoms with E-state index in [9.17, 15) is 26.4 Å². The average molecular weight is 416 g/mol. The maximum Gasteiger partial charge on any atom is 0.405 e. The minimum atomic E-state index is -4.54. The van der Waals surface area contributed by atoms with Crippen LogP contribution in [0, 0.1) is 0 Å². The summed E-state index contributed by atoms with van der Waals surface area (Å²) in [5, 5.41) is 1.71. The maximum atomic E-state index is 12.6. The van der Waals surface area contributed by atoms with Crippen LogP contribution in [0.15, 0.2) is 29.2 Å². The van der Waals surface area contributed by atoms with Gasteiger partial charge in [-0.1, -0.05) is 18.9 Å². The zero-order valence-electron chi connectivity index (χ0n) is 13.8. The lowest BCUT2D eigenvalue weighted by molar-refractivity contribution is -0.123. The molecule has 0 aliphatic heterocycles. The van der Waals surface area contributed by atoms with E-state index in [1.165, 1.54) is 18.2 Å². The van der Waals surface area contributed by atoms with Gasteiger partial charge in [0.05, 0.1) is 4.90 Å². The third-order valence-electron chi connectivity index (χ3n) is 4.16. The number of hydrogen-bond donors (Lipinski definition) is 3. The number of nitrogens with two attached hydrogens (primary N) is 1. The van der Waals surface area contributed by atoms with Gasteiger partial charge in [-0.25, -0.2) is 13.1 Å². The van der Waals surface area contributed by atoms with Gasteiger partial charge in [-0.15, -0.1) is 12.4 Å². The molecule has 0 radical (unpaired) electrons. The van der Waals surface area contributed by atoms with Gasteiger partial charge in [0.25, 0.3) is 5.91 Å². The number of sulfonamides is 1. The van der Waals surface area contributed by atoms with Gasteiger partial charge in [0, 0.05) is 17.6 Å². The van der Waals surface area contributed by atoms with Crippen LogP contribution in [0.5, 0.6) is 0 Å². The molecule has 4 N–H and O–H groups in total. The molecule has 1 aromatic rings. The van der Waals surface area contributed by atoms with Crippen LogP contribution in [0.4, 0.5) is 13.2 Å². The number of alkyl halides is 3. The van der Waals surface area contributed by atoms with Crippen LogP contribution >= 0.6 is 12.4 Å². The Kier molecular flexibility index (Phi) is 7.46. The van der Waals surface area contributed by atoms with Crippen molar-refractivity contribution in [3.63, 3.8) is 0 Å². The molecule has 1 amide bonds. The lowest BCUT2D eigenvalue weighted by Crippen LogP contribution is -2.51. The van der Waals surface area contributed by atoms with Crippen LogP contribution in [0.3, 0.4) is 0 Å². The molecular weight excluding hydrogens is 395 g/mol. The maximum absolute atomic E-state index is 12.6. The van der Waals surface area contributed by atoms with Gasteiger partial charge in [-0.2, -0.15) is 13.2 Å². The molecule has 1 saturated carbocycles. The molecule has 6 nitrogen and oxygen atoms in total. The number of carbonyl (C=O) groups excluding carboxylic acids is 1. The second kappa shape index (κ2) is 8.55. The summed E-state index contributed by atoms with van der Waals surface area (Å²) in [7, 11) is -3.95. The van der Waals surface area contributed by atoms with Crippen molar-refractivity contribution in [2.75, 3.05) is 13.1 Å². The first kappa shape index (κ1) is 22.7. The lowest BCUT2D eigenvalue weighted by Gasteiger charge is -2.28. The molecule has 1 aliphatic carbocycles. The second-order valence-corrected chi connectivity index (χ2v) is 7.81. The molecule has 0 aromatic heterocycles. The van der Waals surface area contributed by atoms with E-state index >= 15 is 0 Å². The Morgan fingerprint density at radius 3 is 2.38 bits per heavy atom. The minimum absolute atomic E-state index is 0. The Balaban J connectivity index is 0.00000338. The van der Waals surface area contributed by atoms with Crippen LogP contribution in [0.1, 0.15) is 36.0 Å². The van der Waals surface area contributed by atoms with Crippen molar-refractivity contribution in [3.05, 3.63) is 29.8 Å². The molecule has 0 spiro atoms. The van der Waals surface area contributed by atoms with Crippen LogP contribution in [0.2, 0.25) is 0 Å². The van der Waals surface area contributed by atoms with Crippen molar-refractivity contribution in [1.82, 2.24) is 10.0 Å². The standard InChI is InChI=1S/C15H20F3N3O3S.ClH/c16-15(17,18)10-20-13(22)11-4-3-5-12(8-11)25(23,24)21-14(9-19)6-1-2-7-14;/h3-5,8,21H,1-2,6-7,9-10,19H2,(H,20,22);1H. The Hall–Kier alpha value is -1.36. The summed E-state index contributed by atoms with van der Waals surface area (Å²) < 4.78 is 64.3. The monoisotopic (exact) mass is 415 g/mol. The lowest BCUT2D eigenvalue weighted by atomic mass is 10.0. The fourth-order valence-electron chi connectivity index (χ4n) is 2.83. The van der Waals surface area contributed by atoms with E-state index in [0.717, 1.165) is 18.9 Å². The fourth-order valence-corrected chi connectivity index (χ4v) is 4.35. The van der Waals surface area contributed by atoms with E-state index in [4.69, 9.17) is 5.73 Å². The first-order valence-corrected chi connectivity index (χ1v) is 9.24. The van der Waals surface area contributed by atoms with Crippen molar-refractivity contribution in [2.45, 2.75) is 42.3 Å². The zero-order valence-corrected chi connectivity index (χ0v) is 15.4. The van der Waals surface area contributed by atoms with Crippen molar-refractivity contribution < 1.29 is 26.4 Å². The summed E-state index contributed by atoms with van der Waals surface area (Å²) in [6, 6.07) is 4.88. The molecule has 1 fully saturated rings. The van der Waals surface area contributed by atoms with E-state index < -0.39 is 34.2 Å². The molecule has 2 rings (SSSR count). The fraction of sp³-hybridized carbons (Fsp3) is 0.533. The van der Waals surface area contributed by atoms with E-state index in [1.807, 2.05) is 0 Å². The number of hydrogen-bond acceptors (Lipinski definition) is 4. The third kappa shape index (κ3) is 5.83. The highest BCUT2D eigenvalue weighted by atomic mass is 35.5. The van der Waals surface area contributed by atoms with Gasteiger partial charge in [0.1, 0.15) is 6.54 Å². The minimum Gasteiger partial charge on any atom is -0.343 e. The van der Waals surface area contributed by atoms with Crippen LogP contribution in [-0.2, 0) is 10.0 Å². The number of carbonyl (C=O) groups is 1. The van der Waals surface area contributed by atoms with Crippen LogP contribution in [-0.4, -0.2) is 39.1 Å². The summed E-state index contributed by atoms with van der Waals surface area (Å²) in [5.74, 6) is -0.997. The Morgan fingerprint density at radius 2 is 1.85 bits per heavy atom. The molecule has 0 bridgehead atoms. The summed E-state index contributed by atoms with van der Waals surface area (Å²) >= 11 is 0. The third-order valence-corrected chi connectivity index (χ3v) is 5.73. The zero-order chi connectivity index (χ0) is 18.7. The molecule has 0 atom stereocenters. The summed E-state index contributed by atoms with van der Waals surface area (Å²) in [6.45, 7) is -1.34. The van der Waals surface area contributed by atoms with Gasteiger partial charge < -0.3 is 11.1 Å². The van der Waals surface area contributed by atoms with Gasteiger partial charge in [-0.3, -0.25) is 4.79 Å². The predicted molar refractivity (Wildman–Crippen MR) is 92.7 cm³/mol. The quantitative estimate of drug-likeness (QED) is 0.661. The summed E-state index contributed by atoms with van der Waals surface area (Å²) in [4.78, 5) is 11.6. The van der Waals surface area contributed by atoms with E-state index in [2.05, 4.69) is 4.72 Å². The Bertz CT molecular complexity index is 735. The molecular formula is C15H21ClF3N3O3S. The number of benzene rings is 1. The first-order chi connectivity index (χ1) is 11.6. The average Bonchev–Trinajstić information content (AvgIpc) is 3.00. The van der Waals surface area contributed by atoms with Crippen LogP contribution in [0.25, 0.3) is 0 Å². The molecule has 0 saturated heterocycles. The molecule has 1 aliphatic rings. The smallest absolute Gasteiger partial charge is 0.343 e. The van der Waals surface area contributed by atoms with Gasteiger partial charge in [-0.05, 0) is 31.0 Å². The van der Waals surface area contributed by atoms with Crippen molar-refractivity contribution in [2.24, 2.45) is 5.73 Å². The molecule has 148 valence electrons. The van der Waals surface area contributed by atoms with Crippen molar-refractivity contribution >= 4 is 28.3 Å². The number of nitrogens with one attached hydrogen (secondary N) is 2. The van der Waals surface area contributed by atoms with Crippen LogP contribution < -0.4 is 15.8 Å². The van der Waals surface area contributed by atoms with E-state index in [0.29, 0.717) is 12.8 Å². The van der Waals surface area contributed by atoms with Crippen molar-refractivity contribution in [1.29, 1.82) is 0 Å². The molecule has 11 heteroatoms. The predicted octanol–water partition coefficient (Wildman–Crippen LogP) is 1.95. The first-order valence-electron chi connectivity index (χ1n) is 7.76. The highest BCUT2D eigenvalue weighted by Crippen LogP contribution is 2.30. The summed E-state index contributed by atoms with van der Waals surface area (Å²) in [6.07, 6.45) is -1.58. The molecule has 0 heterocycles. The molecule has 26 heavy (non-hydrogen) atoms. The van der Waals surface area contributed by atoms with Gasteiger partial charge in [0.2, 0.25) is 10.0 Å². The van der Waals surface area contributed by atoms with E-state index in [-0.39, 0.29) is 29.4 Å². The highest BCUT2D eigenvalue weighted by molar-refractivity contribution is 7.89. The Labute approximate surface area is 156 Å². The van der Waals surface area contributed by atoms with Gasteiger partial charge >= 0.3 is 6.18 Å². The number of halogens is 4. The SMILES string of the molecule is Cl.NCC1(NS(=O)(=O)c2cccc(C(=O)NCC(F)(F)F)c2)CCCC1. The summed E-state index contributed by atoms with van der Waals surface area (Å²) in [5.41, 5.74) is 4.83. The highest BCUT2D eigenvalue weighted by Gasteiger charge is 2.37.